The predicted octanol–water partition coefficient (Wildman–Crippen LogP) is 6.11. The molecule has 77 heavy (non-hydrogen) atoms. The number of ether oxygens (including phenoxy) is 2. The third-order valence-electron chi connectivity index (χ3n) is 15.9. The summed E-state index contributed by atoms with van der Waals surface area (Å²) in [6.45, 7) is 16.4. The van der Waals surface area contributed by atoms with Crippen molar-refractivity contribution in [1.82, 2.24) is 26.4 Å². The van der Waals surface area contributed by atoms with Gasteiger partial charge in [-0.15, -0.1) is 0 Å². The van der Waals surface area contributed by atoms with E-state index in [2.05, 4.69) is 41.3 Å². The van der Waals surface area contributed by atoms with Crippen LogP contribution in [0.15, 0.2) is 78.5 Å². The number of Topliss-reactive ketones (excluding diaryl/α,β-unsaturated/α-hetero) is 1. The summed E-state index contributed by atoms with van der Waals surface area (Å²) in [5.74, 6) is -7.23. The molecule has 4 aliphatic heterocycles. The Hall–Kier alpha value is -5.53. The van der Waals surface area contributed by atoms with Gasteiger partial charge in [-0.3, -0.25) is 29.0 Å². The fraction of sp³-hybridized carbons (Fsp3) is 0.627. The number of aliphatic hydroxyl groups excluding tert-OH is 3. The lowest BCUT2D eigenvalue weighted by molar-refractivity contribution is -0.174. The molecule has 0 aromatic heterocycles. The number of piperidine rings is 1. The van der Waals surface area contributed by atoms with Crippen LogP contribution in [0.2, 0.25) is 0 Å². The van der Waals surface area contributed by atoms with Crippen molar-refractivity contribution in [2.75, 3.05) is 6.54 Å². The smallest absolute Gasteiger partial charge is 0.325 e. The summed E-state index contributed by atoms with van der Waals surface area (Å²) in [6.07, 6.45) is 15.6. The number of hydrogen-bond acceptors (Lipinski definition) is 13. The summed E-state index contributed by atoms with van der Waals surface area (Å²) in [6, 6.07) is -0.0370. The molecule has 426 valence electrons. The van der Waals surface area contributed by atoms with E-state index in [-0.39, 0.29) is 73.7 Å². The lowest BCUT2D eigenvalue weighted by atomic mass is 9.78. The zero-order chi connectivity index (χ0) is 56.7. The van der Waals surface area contributed by atoms with Crippen LogP contribution in [0.1, 0.15) is 132 Å². The molecule has 5 rings (SSSR count). The molecule has 4 amide bonds. The minimum Gasteiger partial charge on any atom is -0.505 e. The standard InChI is InChI=1S/C59H86FN5O12/c1-10-42-30-38(7)59(63-54(42)71)28-27-37(6)51(77-59)33-48(68)35(4)18-13-11-14-19-36(5)50-22-16-12-15-21-47(67)40(9)53(70)43(25-23-39(8)66)55(72)62-52(34(2)3)56(73)61-46(31-41-24-26-44(60)49(69)32-41)57(74)65-29-17-20-45(64-65)58(75)76-50/h11-12,14-16,19,21,24,26-28,32,34-35,37-38,40,42-43,45-48,50-53,64,67-70H,10,13,17-18,20,22-23,25,29-31,33H2,1-9H3,(H,61,73)(H,62,72)(H,63,71)/b14-11-,16-12+,21-15+,36-19+/t35-,37+,38-,40-,42-,43+,45?,46-,47-,48-,50-,51+,52-,53+,59-/m0/s1. The number of cyclic esters (lactones) is 1. The molecular weight excluding hydrogens is 990 g/mol. The summed E-state index contributed by atoms with van der Waals surface area (Å²) in [7, 11) is 0. The number of nitrogens with one attached hydrogen (secondary N) is 4. The molecule has 1 unspecified atom stereocenters. The van der Waals surface area contributed by atoms with Gasteiger partial charge in [-0.2, -0.15) is 0 Å². The van der Waals surface area contributed by atoms with Crippen LogP contribution < -0.4 is 21.4 Å². The van der Waals surface area contributed by atoms with Crippen LogP contribution in [0, 0.1) is 47.2 Å². The van der Waals surface area contributed by atoms with Gasteiger partial charge in [-0.1, -0.05) is 103 Å². The van der Waals surface area contributed by atoms with Gasteiger partial charge >= 0.3 is 5.97 Å². The van der Waals surface area contributed by atoms with Gasteiger partial charge in [0, 0.05) is 55.9 Å². The van der Waals surface area contributed by atoms with Crippen molar-refractivity contribution < 1.29 is 63.1 Å². The molecule has 0 radical (unpaired) electrons. The molecule has 1 spiro atoms. The first-order chi connectivity index (χ1) is 36.4. The van der Waals surface area contributed by atoms with Crippen LogP contribution in [-0.4, -0.2) is 122 Å². The number of rotatable bonds is 15. The van der Waals surface area contributed by atoms with E-state index in [0.29, 0.717) is 43.2 Å². The van der Waals surface area contributed by atoms with E-state index >= 15 is 0 Å². The maximum absolute atomic E-state index is 14.5. The van der Waals surface area contributed by atoms with E-state index in [1.54, 1.807) is 39.0 Å². The minimum absolute atomic E-state index is 0.00678. The number of halogens is 1. The van der Waals surface area contributed by atoms with Gasteiger partial charge in [-0.25, -0.2) is 9.82 Å². The molecule has 0 saturated carbocycles. The number of allylic oxidation sites excluding steroid dienone is 5. The SMILES string of the molecule is CC[C@H]1C[C@H](C)[C@@]2(C=C[C@@H](C)[C@@H](C[C@H](O)[C@@H](C)CC/C=C\C=C(/C)[C@@H]3C/C=C/C=C/[C@H](O)[C@H](C)[C@@H](O)[C@@H](CCC(C)=O)C(=O)N[C@@H](C(C)C)C(=O)N[C@@H](Cc4ccc(F)c(O)c4)C(=O)N4CCCC(N4)C(=O)O3)O2)NC1=O. The second-order valence-corrected chi connectivity index (χ2v) is 22.4. The Morgan fingerprint density at radius 2 is 1.74 bits per heavy atom. The van der Waals surface area contributed by atoms with E-state index in [1.165, 1.54) is 24.1 Å². The first kappa shape index (κ1) is 62.3. The monoisotopic (exact) mass is 1080 g/mol. The highest BCUT2D eigenvalue weighted by molar-refractivity contribution is 5.93. The van der Waals surface area contributed by atoms with Crippen LogP contribution in [-0.2, 0) is 44.7 Å². The van der Waals surface area contributed by atoms with E-state index in [4.69, 9.17) is 9.47 Å². The molecule has 0 aliphatic carbocycles. The van der Waals surface area contributed by atoms with Gasteiger partial charge in [0.1, 0.15) is 30.0 Å². The number of ketones is 1. The molecular formula is C59H86FN5O12. The molecule has 17 nitrogen and oxygen atoms in total. The number of hydrazine groups is 1. The molecule has 15 atom stereocenters. The van der Waals surface area contributed by atoms with Gasteiger partial charge in [-0.05, 0) is 100.0 Å². The fourth-order valence-corrected chi connectivity index (χ4v) is 10.4. The fourth-order valence-electron chi connectivity index (χ4n) is 10.4. The molecule has 4 heterocycles. The molecule has 1 aromatic carbocycles. The Morgan fingerprint density at radius 1 is 1.00 bits per heavy atom. The third-order valence-corrected chi connectivity index (χ3v) is 15.9. The number of carbonyl (C=O) groups excluding carboxylic acids is 6. The second-order valence-electron chi connectivity index (χ2n) is 22.4. The molecule has 1 aromatic rings. The number of phenolic OH excluding ortho intramolecular Hbond substituents is 1. The maximum Gasteiger partial charge on any atom is 0.325 e. The van der Waals surface area contributed by atoms with Crippen molar-refractivity contribution >= 4 is 35.4 Å². The van der Waals surface area contributed by atoms with Gasteiger partial charge in [0.05, 0.1) is 30.3 Å². The van der Waals surface area contributed by atoms with Crippen molar-refractivity contribution in [1.29, 1.82) is 0 Å². The van der Waals surface area contributed by atoms with Crippen LogP contribution in [0.5, 0.6) is 5.75 Å². The van der Waals surface area contributed by atoms with Crippen molar-refractivity contribution in [3.05, 3.63) is 89.8 Å². The normalized spacial score (nSPS) is 33.1. The van der Waals surface area contributed by atoms with Crippen LogP contribution in [0.25, 0.3) is 0 Å². The number of nitrogens with zero attached hydrogens (tertiary/aromatic N) is 1. The van der Waals surface area contributed by atoms with E-state index in [1.807, 2.05) is 45.1 Å². The number of aliphatic hydroxyl groups is 3. The van der Waals surface area contributed by atoms with Crippen LogP contribution >= 0.6 is 0 Å². The largest absolute Gasteiger partial charge is 0.505 e. The molecule has 8 N–H and O–H groups in total. The van der Waals surface area contributed by atoms with E-state index < -0.39 is 101 Å². The summed E-state index contributed by atoms with van der Waals surface area (Å²) in [5.41, 5.74) is 3.12. The van der Waals surface area contributed by atoms with Gasteiger partial charge in [0.15, 0.2) is 17.3 Å². The number of benzene rings is 1. The lowest BCUT2D eigenvalue weighted by Crippen LogP contribution is -2.62. The third kappa shape index (κ3) is 17.2. The molecule has 2 saturated heterocycles. The average molecular weight is 1080 g/mol. The highest BCUT2D eigenvalue weighted by Gasteiger charge is 2.48. The van der Waals surface area contributed by atoms with Crippen molar-refractivity contribution in [3.63, 3.8) is 0 Å². The summed E-state index contributed by atoms with van der Waals surface area (Å²) in [5, 5.41) is 54.2. The number of fused-ring (bicyclic) bond motifs is 2. The van der Waals surface area contributed by atoms with Crippen molar-refractivity contribution in [2.24, 2.45) is 41.4 Å². The molecule has 4 aliphatic rings. The number of carbonyl (C=O) groups is 6. The second kappa shape index (κ2) is 28.9. The Balaban J connectivity index is 1.35. The summed E-state index contributed by atoms with van der Waals surface area (Å²) >= 11 is 0. The quantitative estimate of drug-likeness (QED) is 0.0562. The Morgan fingerprint density at radius 3 is 2.43 bits per heavy atom. The minimum atomic E-state index is -1.46. The van der Waals surface area contributed by atoms with Crippen molar-refractivity contribution in [2.45, 2.75) is 187 Å². The van der Waals surface area contributed by atoms with Crippen LogP contribution in [0.3, 0.4) is 0 Å². The highest BCUT2D eigenvalue weighted by Crippen LogP contribution is 2.39. The Bertz CT molecular complexity index is 2370. The maximum atomic E-state index is 14.5. The molecule has 2 bridgehead atoms. The van der Waals surface area contributed by atoms with E-state index in [0.717, 1.165) is 25.0 Å². The first-order valence-corrected chi connectivity index (χ1v) is 27.7. The zero-order valence-electron chi connectivity index (χ0n) is 46.5. The number of hydrogen-bond donors (Lipinski definition) is 8. The number of phenols is 1. The first-order valence-electron chi connectivity index (χ1n) is 27.7. The number of amides is 4. The zero-order valence-corrected chi connectivity index (χ0v) is 46.5. The topological polar surface area (TPSA) is 253 Å². The number of aromatic hydroxyl groups is 1. The van der Waals surface area contributed by atoms with Gasteiger partial charge in [0.25, 0.3) is 5.91 Å². The van der Waals surface area contributed by atoms with E-state index in [9.17, 15) is 53.6 Å². The Labute approximate surface area is 454 Å². The summed E-state index contributed by atoms with van der Waals surface area (Å²) < 4.78 is 27.0. The molecule has 18 heteroatoms. The van der Waals surface area contributed by atoms with Crippen molar-refractivity contribution in [3.8, 4) is 5.75 Å². The van der Waals surface area contributed by atoms with Crippen LogP contribution in [0.4, 0.5) is 4.39 Å². The number of esters is 1. The van der Waals surface area contributed by atoms with Gasteiger partial charge in [0.2, 0.25) is 17.7 Å². The molecule has 2 fully saturated rings. The van der Waals surface area contributed by atoms with Gasteiger partial charge < -0.3 is 50.6 Å². The lowest BCUT2D eigenvalue weighted by Gasteiger charge is -2.48. The highest BCUT2D eigenvalue weighted by atomic mass is 19.1. The average Bonchev–Trinajstić information content (AvgIpc) is 3.40. The Kier molecular flexibility index (Phi) is 23.4. The summed E-state index contributed by atoms with van der Waals surface area (Å²) in [4.78, 5) is 81.9. The predicted molar refractivity (Wildman–Crippen MR) is 289 cm³/mol.